The average molecular weight is 556 g/mol. The fourth-order valence-electron chi connectivity index (χ4n) is 2.61. The van der Waals surface area contributed by atoms with Crippen molar-refractivity contribution in [3.8, 4) is 0 Å². The van der Waals surface area contributed by atoms with E-state index in [2.05, 4.69) is 37.2 Å². The monoisotopic (exact) mass is 555 g/mol. The van der Waals surface area contributed by atoms with E-state index < -0.39 is 23.7 Å². The number of hydrogen-bond donors (Lipinski definition) is 2. The van der Waals surface area contributed by atoms with Gasteiger partial charge in [-0.1, -0.05) is 39.8 Å². The van der Waals surface area contributed by atoms with Crippen molar-refractivity contribution >= 4 is 23.9 Å². The van der Waals surface area contributed by atoms with Crippen molar-refractivity contribution in [2.24, 2.45) is 23.5 Å². The number of carboxylic acids is 1. The number of methoxy groups -OCH3 is 2. The lowest BCUT2D eigenvalue weighted by molar-refractivity contribution is -0.192. The van der Waals surface area contributed by atoms with Crippen LogP contribution in [0, 0.1) is 17.8 Å². The molecule has 12 heteroatoms. The predicted molar refractivity (Wildman–Crippen MR) is 137 cm³/mol. The summed E-state index contributed by atoms with van der Waals surface area (Å²) < 4.78 is 46.0. The molecule has 0 amide bonds. The third-order valence-corrected chi connectivity index (χ3v) is 4.00. The van der Waals surface area contributed by atoms with Gasteiger partial charge in [0.05, 0.1) is 20.6 Å². The Balaban J connectivity index is -0.000000547. The summed E-state index contributed by atoms with van der Waals surface area (Å²) in [6, 6.07) is -0.0518. The van der Waals surface area contributed by atoms with E-state index in [1.165, 1.54) is 26.4 Å². The van der Waals surface area contributed by atoms with Crippen molar-refractivity contribution in [2.75, 3.05) is 14.2 Å². The van der Waals surface area contributed by atoms with Gasteiger partial charge in [-0.05, 0) is 51.4 Å². The Morgan fingerprint density at radius 2 is 1.24 bits per heavy atom. The largest absolute Gasteiger partial charge is 0.490 e. The van der Waals surface area contributed by atoms with E-state index in [1.807, 2.05) is 20.8 Å². The number of nitrogens with two attached hydrogens (primary N) is 1. The summed E-state index contributed by atoms with van der Waals surface area (Å²) in [5.41, 5.74) is 5.20. The van der Waals surface area contributed by atoms with Crippen molar-refractivity contribution < 1.29 is 51.7 Å². The van der Waals surface area contributed by atoms with Gasteiger partial charge in [-0.25, -0.2) is 14.4 Å². The number of esters is 3. The number of alkyl halides is 3. The van der Waals surface area contributed by atoms with Gasteiger partial charge in [0, 0.05) is 18.2 Å². The Hall–Kier alpha value is -2.89. The second-order valence-electron chi connectivity index (χ2n) is 10.0. The molecular formula is C26H44F3NO8. The molecule has 2 atom stereocenters. The Labute approximate surface area is 223 Å². The normalized spacial score (nSPS) is 13.2. The maximum atomic E-state index is 11.8. The van der Waals surface area contributed by atoms with E-state index in [9.17, 15) is 27.6 Å². The smallest absolute Gasteiger partial charge is 0.475 e. The number of hydrogen-bond acceptors (Lipinski definition) is 8. The van der Waals surface area contributed by atoms with Crippen LogP contribution in [0.25, 0.3) is 0 Å². The summed E-state index contributed by atoms with van der Waals surface area (Å²) in [6.45, 7) is 13.9. The van der Waals surface area contributed by atoms with Gasteiger partial charge in [0.2, 0.25) is 0 Å². The first-order valence-electron chi connectivity index (χ1n) is 11.9. The standard InChI is InChI=1S/C15H26O4.C9H17NO2.C2HF3O2/c1-11(2)9-12(7-8-13(16)18-6)10-14(17)19-15(3,4)5;1-7(2)6-8(10)4-5-9(11)12-3;3-2(4,5)1(6)7/h7-8,11-12H,9-10H2,1-6H3;4-5,7-8H,6,10H2,1-3H3;(H,6,7)/b8-7+;5-4+;/t12-;8-;/m11./s1. The van der Waals surface area contributed by atoms with Gasteiger partial charge in [-0.3, -0.25) is 4.79 Å². The first kappa shape index (κ1) is 39.6. The first-order chi connectivity index (χ1) is 17.1. The van der Waals surface area contributed by atoms with E-state index in [0.717, 1.165) is 12.8 Å². The molecule has 0 aromatic rings. The summed E-state index contributed by atoms with van der Waals surface area (Å²) in [4.78, 5) is 42.4. The van der Waals surface area contributed by atoms with Gasteiger partial charge in [0.15, 0.2) is 0 Å². The minimum Gasteiger partial charge on any atom is -0.475 e. The second kappa shape index (κ2) is 20.1. The number of allylic oxidation sites excluding steroid dienone is 1. The van der Waals surface area contributed by atoms with Gasteiger partial charge in [0.25, 0.3) is 0 Å². The third-order valence-electron chi connectivity index (χ3n) is 4.00. The molecular weight excluding hydrogens is 511 g/mol. The van der Waals surface area contributed by atoms with Crippen molar-refractivity contribution in [1.82, 2.24) is 0 Å². The molecule has 0 aromatic carbocycles. The van der Waals surface area contributed by atoms with Crippen LogP contribution < -0.4 is 5.73 Å². The molecule has 0 radical (unpaired) electrons. The summed E-state index contributed by atoms with van der Waals surface area (Å²) in [5.74, 6) is -2.78. The number of carbonyl (C=O) groups is 4. The molecule has 0 unspecified atom stereocenters. The molecule has 0 rings (SSSR count). The van der Waals surface area contributed by atoms with Gasteiger partial charge in [-0.15, -0.1) is 0 Å². The highest BCUT2D eigenvalue weighted by atomic mass is 19.4. The lowest BCUT2D eigenvalue weighted by Gasteiger charge is -2.21. The van der Waals surface area contributed by atoms with E-state index in [1.54, 1.807) is 12.2 Å². The van der Waals surface area contributed by atoms with E-state index >= 15 is 0 Å². The number of aliphatic carboxylic acids is 1. The number of halogens is 3. The molecule has 0 aliphatic rings. The van der Waals surface area contributed by atoms with Crippen molar-refractivity contribution in [2.45, 2.75) is 85.5 Å². The molecule has 0 aromatic heterocycles. The van der Waals surface area contributed by atoms with Crippen LogP contribution >= 0.6 is 0 Å². The number of ether oxygens (including phenoxy) is 3. The highest BCUT2D eigenvalue weighted by Crippen LogP contribution is 2.19. The molecule has 9 nitrogen and oxygen atoms in total. The number of carbonyl (C=O) groups excluding carboxylic acids is 3. The van der Waals surface area contributed by atoms with Crippen LogP contribution in [0.3, 0.4) is 0 Å². The third kappa shape index (κ3) is 29.3. The molecule has 0 bridgehead atoms. The van der Waals surface area contributed by atoms with Crippen LogP contribution in [0.5, 0.6) is 0 Å². The zero-order chi connectivity index (χ0) is 30.7. The Kier molecular flexibility index (Phi) is 21.0. The molecule has 0 aliphatic carbocycles. The quantitative estimate of drug-likeness (QED) is 0.220. The van der Waals surface area contributed by atoms with Crippen LogP contribution in [-0.4, -0.2) is 61.0 Å². The Morgan fingerprint density at radius 3 is 1.55 bits per heavy atom. The van der Waals surface area contributed by atoms with Crippen LogP contribution in [0.2, 0.25) is 0 Å². The number of carboxylic acid groups (broad SMARTS) is 1. The molecule has 0 fully saturated rings. The van der Waals surface area contributed by atoms with Gasteiger partial charge in [0.1, 0.15) is 5.60 Å². The lowest BCUT2D eigenvalue weighted by Crippen LogP contribution is -2.25. The lowest BCUT2D eigenvalue weighted by atomic mass is 9.93. The van der Waals surface area contributed by atoms with Crippen LogP contribution in [0.1, 0.15) is 67.7 Å². The molecule has 0 saturated heterocycles. The molecule has 0 saturated carbocycles. The second-order valence-corrected chi connectivity index (χ2v) is 10.0. The zero-order valence-corrected chi connectivity index (χ0v) is 23.8. The Morgan fingerprint density at radius 1 is 0.842 bits per heavy atom. The highest BCUT2D eigenvalue weighted by molar-refractivity contribution is 5.82. The van der Waals surface area contributed by atoms with Gasteiger partial charge >= 0.3 is 30.1 Å². The summed E-state index contributed by atoms with van der Waals surface area (Å²) in [7, 11) is 2.68. The first-order valence-corrected chi connectivity index (χ1v) is 11.9. The van der Waals surface area contributed by atoms with Gasteiger partial charge in [-0.2, -0.15) is 13.2 Å². The average Bonchev–Trinajstić information content (AvgIpc) is 2.73. The summed E-state index contributed by atoms with van der Waals surface area (Å²) in [6.07, 6.45) is 3.05. The minimum atomic E-state index is -5.08. The van der Waals surface area contributed by atoms with Crippen molar-refractivity contribution in [1.29, 1.82) is 0 Å². The Bertz CT molecular complexity index is 769. The van der Waals surface area contributed by atoms with Crippen LogP contribution in [0.4, 0.5) is 13.2 Å². The summed E-state index contributed by atoms with van der Waals surface area (Å²) >= 11 is 0. The topological polar surface area (TPSA) is 142 Å². The molecule has 38 heavy (non-hydrogen) atoms. The SMILES string of the molecule is COC(=O)/C=C/[C@@H](CC(=O)OC(C)(C)C)CC(C)C.COC(=O)/C=C/[C@@H](N)CC(C)C.O=C(O)C(F)(F)F. The molecule has 0 heterocycles. The highest BCUT2D eigenvalue weighted by Gasteiger charge is 2.38. The molecule has 0 spiro atoms. The minimum absolute atomic E-state index is 0.00560. The van der Waals surface area contributed by atoms with Crippen molar-refractivity contribution in [3.05, 3.63) is 24.3 Å². The predicted octanol–water partition coefficient (Wildman–Crippen LogP) is 4.83. The van der Waals surface area contributed by atoms with Gasteiger partial charge < -0.3 is 25.1 Å². The van der Waals surface area contributed by atoms with Crippen molar-refractivity contribution in [3.63, 3.8) is 0 Å². The number of rotatable bonds is 10. The molecule has 0 aliphatic heterocycles. The molecule has 3 N–H and O–H groups in total. The fraction of sp³-hybridized carbons (Fsp3) is 0.692. The zero-order valence-electron chi connectivity index (χ0n) is 23.8. The maximum Gasteiger partial charge on any atom is 0.490 e. The van der Waals surface area contributed by atoms with Crippen LogP contribution in [-0.2, 0) is 33.4 Å². The van der Waals surface area contributed by atoms with Crippen LogP contribution in [0.15, 0.2) is 24.3 Å². The molecule has 222 valence electrons. The summed E-state index contributed by atoms with van der Waals surface area (Å²) in [5, 5.41) is 7.12. The fourth-order valence-corrected chi connectivity index (χ4v) is 2.61. The van der Waals surface area contributed by atoms with E-state index in [4.69, 9.17) is 20.4 Å². The van der Waals surface area contributed by atoms with E-state index in [0.29, 0.717) is 11.8 Å². The van der Waals surface area contributed by atoms with E-state index in [-0.39, 0.29) is 30.3 Å². The maximum absolute atomic E-state index is 11.8.